The summed E-state index contributed by atoms with van der Waals surface area (Å²) in [5, 5.41) is 2.68. The van der Waals surface area contributed by atoms with Gasteiger partial charge in [0.05, 0.1) is 11.0 Å². The number of ether oxygens (including phenoxy) is 1. The molecule has 1 rings (SSSR count). The molecule has 1 atom stereocenters. The van der Waals surface area contributed by atoms with Gasteiger partial charge in [0.25, 0.3) is 0 Å². The van der Waals surface area contributed by atoms with Crippen LogP contribution in [0.5, 0.6) is 0 Å². The zero-order valence-electron chi connectivity index (χ0n) is 12.0. The van der Waals surface area contributed by atoms with Crippen molar-refractivity contribution in [2.45, 2.75) is 38.8 Å². The van der Waals surface area contributed by atoms with Gasteiger partial charge in [0.2, 0.25) is 0 Å². The van der Waals surface area contributed by atoms with E-state index in [0.717, 1.165) is 5.56 Å². The number of thiocarbonyl (C=S) groups is 1. The number of hydrogen-bond acceptors (Lipinski definition) is 4. The third kappa shape index (κ3) is 5.88. The Morgan fingerprint density at radius 3 is 2.35 bits per heavy atom. The van der Waals surface area contributed by atoms with Crippen LogP contribution < -0.4 is 16.8 Å². The summed E-state index contributed by atoms with van der Waals surface area (Å²) in [6.45, 7) is 5.38. The molecule has 0 aliphatic rings. The fourth-order valence-electron chi connectivity index (χ4n) is 1.56. The molecule has 0 saturated carbocycles. The van der Waals surface area contributed by atoms with Gasteiger partial charge in [-0.1, -0.05) is 24.4 Å². The Labute approximate surface area is 124 Å². The fourth-order valence-corrected chi connectivity index (χ4v) is 1.70. The molecule has 110 valence electrons. The number of amides is 1. The summed E-state index contributed by atoms with van der Waals surface area (Å²) in [7, 11) is 0. The van der Waals surface area contributed by atoms with Crippen LogP contribution in [0.2, 0.25) is 0 Å². The number of benzene rings is 1. The lowest BCUT2D eigenvalue weighted by Gasteiger charge is -2.23. The summed E-state index contributed by atoms with van der Waals surface area (Å²) >= 11 is 4.98. The number of alkyl carbamates (subject to hydrolysis) is 1. The van der Waals surface area contributed by atoms with Crippen molar-refractivity contribution < 1.29 is 9.53 Å². The van der Waals surface area contributed by atoms with Gasteiger partial charge in [-0.3, -0.25) is 0 Å². The zero-order valence-corrected chi connectivity index (χ0v) is 12.8. The van der Waals surface area contributed by atoms with E-state index >= 15 is 0 Å². The number of carbonyl (C=O) groups is 1. The van der Waals surface area contributed by atoms with E-state index in [2.05, 4.69) is 5.32 Å². The summed E-state index contributed by atoms with van der Waals surface area (Å²) in [5.74, 6) is 0. The minimum absolute atomic E-state index is 0.215. The average molecular weight is 295 g/mol. The first-order valence-electron chi connectivity index (χ1n) is 6.30. The third-order valence-electron chi connectivity index (χ3n) is 2.45. The number of anilines is 1. The number of hydrogen-bond donors (Lipinski definition) is 3. The van der Waals surface area contributed by atoms with Gasteiger partial charge in [0.1, 0.15) is 5.60 Å². The Kier molecular flexibility index (Phi) is 5.33. The predicted octanol–water partition coefficient (Wildman–Crippen LogP) is 1.99. The lowest BCUT2D eigenvalue weighted by Crippen LogP contribution is -2.46. The Morgan fingerprint density at radius 2 is 1.90 bits per heavy atom. The molecule has 6 heteroatoms. The molecular formula is C14H21N3O2S. The second-order valence-corrected chi connectivity index (χ2v) is 6.02. The van der Waals surface area contributed by atoms with Crippen molar-refractivity contribution in [3.05, 3.63) is 29.8 Å². The van der Waals surface area contributed by atoms with Crippen molar-refractivity contribution in [3.63, 3.8) is 0 Å². The van der Waals surface area contributed by atoms with Crippen LogP contribution in [0, 0.1) is 0 Å². The highest BCUT2D eigenvalue weighted by molar-refractivity contribution is 7.80. The van der Waals surface area contributed by atoms with Gasteiger partial charge in [-0.15, -0.1) is 0 Å². The van der Waals surface area contributed by atoms with E-state index in [9.17, 15) is 4.79 Å². The van der Waals surface area contributed by atoms with Gasteiger partial charge in [-0.2, -0.15) is 0 Å². The van der Waals surface area contributed by atoms with Crippen LogP contribution in [0.1, 0.15) is 26.3 Å². The molecule has 0 aromatic heterocycles. The minimum Gasteiger partial charge on any atom is -0.444 e. The van der Waals surface area contributed by atoms with Gasteiger partial charge < -0.3 is 21.5 Å². The molecule has 1 amide bonds. The van der Waals surface area contributed by atoms with Crippen LogP contribution >= 0.6 is 12.2 Å². The van der Waals surface area contributed by atoms with Crippen molar-refractivity contribution in [2.75, 3.05) is 5.73 Å². The summed E-state index contributed by atoms with van der Waals surface area (Å²) < 4.78 is 5.19. The maximum absolute atomic E-state index is 11.7. The van der Waals surface area contributed by atoms with E-state index in [0.29, 0.717) is 12.1 Å². The van der Waals surface area contributed by atoms with E-state index in [1.165, 1.54) is 0 Å². The highest BCUT2D eigenvalue weighted by Gasteiger charge is 2.21. The first-order chi connectivity index (χ1) is 9.17. The third-order valence-corrected chi connectivity index (χ3v) is 2.74. The Morgan fingerprint density at radius 1 is 1.35 bits per heavy atom. The molecular weight excluding hydrogens is 274 g/mol. The van der Waals surface area contributed by atoms with Crippen LogP contribution in [-0.2, 0) is 11.2 Å². The molecule has 0 aliphatic carbocycles. The van der Waals surface area contributed by atoms with Gasteiger partial charge in [-0.05, 0) is 44.9 Å². The Bertz CT molecular complexity index is 480. The zero-order chi connectivity index (χ0) is 15.3. The predicted molar refractivity (Wildman–Crippen MR) is 84.5 cm³/mol. The monoisotopic (exact) mass is 295 g/mol. The van der Waals surface area contributed by atoms with Crippen molar-refractivity contribution in [2.24, 2.45) is 5.73 Å². The highest BCUT2D eigenvalue weighted by Crippen LogP contribution is 2.10. The highest BCUT2D eigenvalue weighted by atomic mass is 32.1. The molecule has 0 spiro atoms. The molecule has 0 saturated heterocycles. The van der Waals surface area contributed by atoms with Gasteiger partial charge in [-0.25, -0.2) is 4.79 Å². The topological polar surface area (TPSA) is 90.4 Å². The molecule has 1 aromatic carbocycles. The average Bonchev–Trinajstić information content (AvgIpc) is 2.28. The van der Waals surface area contributed by atoms with Crippen LogP contribution in [0.15, 0.2) is 24.3 Å². The van der Waals surface area contributed by atoms with Crippen LogP contribution in [0.4, 0.5) is 10.5 Å². The summed E-state index contributed by atoms with van der Waals surface area (Å²) in [4.78, 5) is 12.0. The van der Waals surface area contributed by atoms with Crippen molar-refractivity contribution >= 4 is 29.0 Å². The standard InChI is InChI=1S/C14H21N3O2S/c1-14(2,3)19-13(18)17-11(12(16)20)8-9-4-6-10(15)7-5-9/h4-7,11H,8,15H2,1-3H3,(H2,16,20)(H,17,18). The molecule has 0 bridgehead atoms. The van der Waals surface area contributed by atoms with Crippen LogP contribution in [0.3, 0.4) is 0 Å². The lowest BCUT2D eigenvalue weighted by molar-refractivity contribution is 0.0518. The van der Waals surface area contributed by atoms with E-state index in [1.807, 2.05) is 12.1 Å². The number of carbonyl (C=O) groups excluding carboxylic acids is 1. The molecule has 0 heterocycles. The van der Waals surface area contributed by atoms with Crippen molar-refractivity contribution in [1.29, 1.82) is 0 Å². The van der Waals surface area contributed by atoms with Gasteiger partial charge in [0.15, 0.2) is 0 Å². The second-order valence-electron chi connectivity index (χ2n) is 5.55. The quantitative estimate of drug-likeness (QED) is 0.584. The normalized spacial score (nSPS) is 12.6. The van der Waals surface area contributed by atoms with E-state index in [4.69, 9.17) is 28.4 Å². The first kappa shape index (κ1) is 16.2. The molecule has 5 N–H and O–H groups in total. The number of nitrogens with two attached hydrogens (primary N) is 2. The molecule has 1 unspecified atom stereocenters. The minimum atomic E-state index is -0.563. The van der Waals surface area contributed by atoms with Crippen LogP contribution in [-0.4, -0.2) is 22.7 Å². The van der Waals surface area contributed by atoms with Gasteiger partial charge >= 0.3 is 6.09 Å². The second kappa shape index (κ2) is 6.56. The first-order valence-corrected chi connectivity index (χ1v) is 6.71. The Hall–Kier alpha value is -1.82. The molecule has 20 heavy (non-hydrogen) atoms. The number of nitrogen functional groups attached to an aromatic ring is 1. The summed E-state index contributed by atoms with van der Waals surface area (Å²) in [5.41, 5.74) is 12.4. The SMILES string of the molecule is CC(C)(C)OC(=O)NC(Cc1ccc(N)cc1)C(N)=S. The number of nitrogens with one attached hydrogen (secondary N) is 1. The summed E-state index contributed by atoms with van der Waals surface area (Å²) in [6.07, 6.45) is -0.0415. The van der Waals surface area contributed by atoms with E-state index in [1.54, 1.807) is 32.9 Å². The van der Waals surface area contributed by atoms with Crippen molar-refractivity contribution in [3.8, 4) is 0 Å². The molecule has 1 aromatic rings. The maximum Gasteiger partial charge on any atom is 0.408 e. The van der Waals surface area contributed by atoms with E-state index < -0.39 is 17.7 Å². The lowest BCUT2D eigenvalue weighted by atomic mass is 10.1. The molecule has 0 radical (unpaired) electrons. The van der Waals surface area contributed by atoms with E-state index in [-0.39, 0.29) is 4.99 Å². The van der Waals surface area contributed by atoms with Crippen molar-refractivity contribution in [1.82, 2.24) is 5.32 Å². The smallest absolute Gasteiger partial charge is 0.408 e. The molecule has 0 fully saturated rings. The molecule has 0 aliphatic heterocycles. The number of rotatable bonds is 4. The molecule has 5 nitrogen and oxygen atoms in total. The summed E-state index contributed by atoms with van der Waals surface area (Å²) in [6, 6.07) is 6.87. The Balaban J connectivity index is 2.68. The largest absolute Gasteiger partial charge is 0.444 e. The van der Waals surface area contributed by atoms with Gasteiger partial charge in [0, 0.05) is 5.69 Å². The fraction of sp³-hybridized carbons (Fsp3) is 0.429. The van der Waals surface area contributed by atoms with Crippen LogP contribution in [0.25, 0.3) is 0 Å². The maximum atomic E-state index is 11.7.